The summed E-state index contributed by atoms with van der Waals surface area (Å²) in [5.41, 5.74) is -2.27. The average molecular weight is 546 g/mol. The number of cyclic esters (lactones) is 1. The van der Waals surface area contributed by atoms with Gasteiger partial charge in [-0.15, -0.1) is 0 Å². The van der Waals surface area contributed by atoms with Gasteiger partial charge in [-0.05, 0) is 38.5 Å². The predicted molar refractivity (Wildman–Crippen MR) is 143 cm³/mol. The molecule has 10 nitrogen and oxygen atoms in total. The van der Waals surface area contributed by atoms with E-state index in [0.29, 0.717) is 65.1 Å². The fourth-order valence-corrected chi connectivity index (χ4v) is 7.02. The molecule has 5 atom stereocenters. The average Bonchev–Trinajstić information content (AvgIpc) is 3.32. The number of likely N-dealkylation sites (tertiary alicyclic amines) is 1. The second kappa shape index (κ2) is 12.1. The molecule has 1 N–H and O–H groups in total. The molecule has 1 spiro atoms. The van der Waals surface area contributed by atoms with E-state index in [9.17, 15) is 19.5 Å². The Morgan fingerprint density at radius 2 is 1.77 bits per heavy atom. The van der Waals surface area contributed by atoms with Crippen LogP contribution < -0.4 is 0 Å². The van der Waals surface area contributed by atoms with Gasteiger partial charge in [0.05, 0.1) is 25.7 Å². The van der Waals surface area contributed by atoms with Crippen LogP contribution in [0.25, 0.3) is 0 Å². The number of morpholine rings is 1. The Morgan fingerprint density at radius 1 is 0.949 bits per heavy atom. The van der Waals surface area contributed by atoms with Crippen molar-refractivity contribution < 1.29 is 33.7 Å². The topological polar surface area (TPSA) is 109 Å². The third kappa shape index (κ3) is 5.16. The molecule has 5 heterocycles. The van der Waals surface area contributed by atoms with Crippen LogP contribution in [0.15, 0.2) is 24.3 Å². The summed E-state index contributed by atoms with van der Waals surface area (Å²) in [4.78, 5) is 48.0. The van der Waals surface area contributed by atoms with Gasteiger partial charge in [-0.1, -0.05) is 31.2 Å². The maximum Gasteiger partial charge on any atom is 0.313 e. The molecule has 1 unspecified atom stereocenters. The summed E-state index contributed by atoms with van der Waals surface area (Å²) < 4.78 is 18.1. The number of hydrogen-bond acceptors (Lipinski definition) is 8. The Balaban J connectivity index is 1.50. The third-order valence-electron chi connectivity index (χ3n) is 9.06. The number of nitrogens with zero attached hydrogens (tertiary/aromatic N) is 3. The Hall–Kier alpha value is -2.27. The van der Waals surface area contributed by atoms with Gasteiger partial charge in [-0.3, -0.25) is 19.3 Å². The second-order valence-electron chi connectivity index (χ2n) is 11.3. The first-order valence-electron chi connectivity index (χ1n) is 14.7. The van der Waals surface area contributed by atoms with Crippen molar-refractivity contribution in [3.63, 3.8) is 0 Å². The summed E-state index contributed by atoms with van der Waals surface area (Å²) >= 11 is 0. The van der Waals surface area contributed by atoms with Crippen LogP contribution in [-0.4, -0.2) is 121 Å². The molecule has 5 rings (SSSR count). The second-order valence-corrected chi connectivity index (χ2v) is 11.3. The Bertz CT molecular complexity index is 980. The van der Waals surface area contributed by atoms with Gasteiger partial charge in [-0.2, -0.15) is 0 Å². The Morgan fingerprint density at radius 3 is 2.54 bits per heavy atom. The minimum atomic E-state index is -1.25. The molecule has 3 saturated heterocycles. The maximum absolute atomic E-state index is 14.3. The van der Waals surface area contributed by atoms with Crippen molar-refractivity contribution >= 4 is 17.8 Å². The van der Waals surface area contributed by atoms with Gasteiger partial charge in [0.25, 0.3) is 0 Å². The van der Waals surface area contributed by atoms with Gasteiger partial charge in [0.1, 0.15) is 23.2 Å². The molecule has 0 radical (unpaired) electrons. The standard InChI is InChI=1S/C29H43N3O7/c1-2-28-10-5-3-8-19-38-27(36)23(28)22-25(34)32(13-6-4-7-18-33)24-26(35)31(12-9-11-29(22,24)39-28)15-14-30-16-20-37-21-17-30/h5,9-11,22-24,33H,2-4,6-8,12-21H2,1H3/b10-5-/t22-,23-,24?,28+,29-/m0/s1. The molecule has 0 saturated carbocycles. The van der Waals surface area contributed by atoms with E-state index in [4.69, 9.17) is 14.2 Å². The highest BCUT2D eigenvalue weighted by molar-refractivity contribution is 5.99. The molecule has 0 bridgehead atoms. The van der Waals surface area contributed by atoms with Crippen LogP contribution in [-0.2, 0) is 28.6 Å². The number of amides is 2. The zero-order valence-electron chi connectivity index (χ0n) is 23.1. The molecule has 2 amide bonds. The first kappa shape index (κ1) is 28.3. The van der Waals surface area contributed by atoms with Gasteiger partial charge in [0, 0.05) is 45.9 Å². The van der Waals surface area contributed by atoms with Crippen molar-refractivity contribution in [3.8, 4) is 0 Å². The van der Waals surface area contributed by atoms with Crippen LogP contribution >= 0.6 is 0 Å². The van der Waals surface area contributed by atoms with Crippen LogP contribution in [0.4, 0.5) is 0 Å². The maximum atomic E-state index is 14.3. The van der Waals surface area contributed by atoms with E-state index in [-0.39, 0.29) is 18.4 Å². The zero-order chi connectivity index (χ0) is 27.5. The lowest BCUT2D eigenvalue weighted by molar-refractivity contribution is -0.161. The molecule has 0 aromatic heterocycles. The van der Waals surface area contributed by atoms with Crippen LogP contribution in [0.3, 0.4) is 0 Å². The van der Waals surface area contributed by atoms with Crippen LogP contribution in [0, 0.1) is 11.8 Å². The number of aliphatic hydroxyl groups excluding tert-OH is 1. The van der Waals surface area contributed by atoms with Crippen molar-refractivity contribution in [1.29, 1.82) is 0 Å². The number of unbranched alkanes of at least 4 members (excludes halogenated alkanes) is 2. The number of hydrogen-bond donors (Lipinski definition) is 1. The largest absolute Gasteiger partial charge is 0.465 e. The van der Waals surface area contributed by atoms with Crippen LogP contribution in [0.1, 0.15) is 45.4 Å². The molecular weight excluding hydrogens is 502 g/mol. The molecule has 39 heavy (non-hydrogen) atoms. The zero-order valence-corrected chi connectivity index (χ0v) is 23.1. The van der Waals surface area contributed by atoms with Crippen LogP contribution in [0.5, 0.6) is 0 Å². The number of aliphatic hydroxyl groups is 1. The van der Waals surface area contributed by atoms with Gasteiger partial charge >= 0.3 is 5.97 Å². The lowest BCUT2D eigenvalue weighted by Gasteiger charge is -2.38. The van der Waals surface area contributed by atoms with E-state index < -0.39 is 35.0 Å². The van der Waals surface area contributed by atoms with Crippen molar-refractivity contribution in [2.45, 2.75) is 62.7 Å². The summed E-state index contributed by atoms with van der Waals surface area (Å²) in [5.74, 6) is -2.45. The van der Waals surface area contributed by atoms with Crippen molar-refractivity contribution in [2.75, 3.05) is 65.7 Å². The fourth-order valence-electron chi connectivity index (χ4n) is 7.02. The minimum Gasteiger partial charge on any atom is -0.465 e. The molecule has 10 heteroatoms. The quantitative estimate of drug-likeness (QED) is 0.261. The molecule has 0 aromatic rings. The normalized spacial score (nSPS) is 35.9. The summed E-state index contributed by atoms with van der Waals surface area (Å²) in [7, 11) is 0. The lowest BCUT2D eigenvalue weighted by Crippen LogP contribution is -2.57. The number of carbonyl (C=O) groups is 3. The highest BCUT2D eigenvalue weighted by Crippen LogP contribution is 2.58. The van der Waals surface area contributed by atoms with E-state index in [0.717, 1.165) is 32.5 Å². The minimum absolute atomic E-state index is 0.0866. The number of carbonyl (C=O) groups excluding carboxylic acids is 3. The summed E-state index contributed by atoms with van der Waals surface area (Å²) in [6.45, 7) is 7.46. The van der Waals surface area contributed by atoms with Gasteiger partial charge in [0.15, 0.2) is 0 Å². The van der Waals surface area contributed by atoms with E-state index in [1.807, 2.05) is 36.1 Å². The summed E-state index contributed by atoms with van der Waals surface area (Å²) in [5, 5.41) is 9.26. The molecule has 3 fully saturated rings. The van der Waals surface area contributed by atoms with Gasteiger partial charge in [-0.25, -0.2) is 0 Å². The van der Waals surface area contributed by atoms with Gasteiger partial charge < -0.3 is 29.1 Å². The fraction of sp³-hybridized carbons (Fsp3) is 0.759. The number of ether oxygens (including phenoxy) is 3. The monoisotopic (exact) mass is 545 g/mol. The SMILES string of the molecule is CC[C@@]12/C=C\CCCOC(=O)[C@@H]1[C@H]1C(=O)N(CCCCCO)C3C(=O)N(CCN4CCOCC4)CC=C[C@@]31O2. The first-order chi connectivity index (χ1) is 19.0. The Kier molecular flexibility index (Phi) is 8.75. The molecule has 5 aliphatic heterocycles. The smallest absolute Gasteiger partial charge is 0.313 e. The third-order valence-corrected chi connectivity index (χ3v) is 9.06. The highest BCUT2D eigenvalue weighted by Gasteiger charge is 2.75. The van der Waals surface area contributed by atoms with E-state index in [1.54, 1.807) is 4.90 Å². The summed E-state index contributed by atoms with van der Waals surface area (Å²) in [6, 6.07) is -0.854. The number of esters is 1. The predicted octanol–water partition coefficient (Wildman–Crippen LogP) is 1.13. The van der Waals surface area contributed by atoms with Crippen molar-refractivity contribution in [1.82, 2.24) is 14.7 Å². The van der Waals surface area contributed by atoms with Crippen LogP contribution in [0.2, 0.25) is 0 Å². The molecule has 216 valence electrons. The van der Waals surface area contributed by atoms with Crippen molar-refractivity contribution in [3.05, 3.63) is 24.3 Å². The van der Waals surface area contributed by atoms with E-state index in [2.05, 4.69) is 4.90 Å². The molecule has 0 aliphatic carbocycles. The molecule has 0 aromatic carbocycles. The summed E-state index contributed by atoms with van der Waals surface area (Å²) in [6.07, 6.45) is 11.8. The lowest BCUT2D eigenvalue weighted by atomic mass is 9.73. The molecular formula is C29H43N3O7. The van der Waals surface area contributed by atoms with Gasteiger partial charge in [0.2, 0.25) is 11.8 Å². The molecule has 5 aliphatic rings. The number of rotatable bonds is 9. The Labute approximate surface area is 230 Å². The number of fused-ring (bicyclic) bond motifs is 2. The first-order valence-corrected chi connectivity index (χ1v) is 14.7. The van der Waals surface area contributed by atoms with E-state index in [1.165, 1.54) is 0 Å². The number of allylic oxidation sites excluding steroid dienone is 1. The highest BCUT2D eigenvalue weighted by atomic mass is 16.6. The van der Waals surface area contributed by atoms with E-state index >= 15 is 0 Å². The van der Waals surface area contributed by atoms with Crippen molar-refractivity contribution in [2.24, 2.45) is 11.8 Å².